The predicted octanol–water partition coefficient (Wildman–Crippen LogP) is 2.20. The summed E-state index contributed by atoms with van der Waals surface area (Å²) in [5.41, 5.74) is 0.688. The summed E-state index contributed by atoms with van der Waals surface area (Å²) in [6.07, 6.45) is 8.07. The summed E-state index contributed by atoms with van der Waals surface area (Å²) in [7, 11) is 0. The first-order chi connectivity index (χ1) is 8.67. The van der Waals surface area contributed by atoms with Crippen LogP contribution < -0.4 is 4.90 Å². The molecule has 1 rings (SSSR count). The molecule has 0 atom stereocenters. The SMILES string of the molecule is CCCCN(CC)c1ncc(/C=C/C(=O)O)cn1. The van der Waals surface area contributed by atoms with Crippen LogP contribution in [0.2, 0.25) is 0 Å². The van der Waals surface area contributed by atoms with E-state index in [1.54, 1.807) is 12.4 Å². The van der Waals surface area contributed by atoms with Crippen molar-refractivity contribution in [2.45, 2.75) is 26.7 Å². The molecular weight excluding hydrogens is 230 g/mol. The molecule has 98 valence electrons. The lowest BCUT2D eigenvalue weighted by molar-refractivity contribution is -0.131. The Morgan fingerprint density at radius 3 is 2.56 bits per heavy atom. The number of anilines is 1. The van der Waals surface area contributed by atoms with Gasteiger partial charge in [-0.25, -0.2) is 14.8 Å². The Bertz CT molecular complexity index is 401. The quantitative estimate of drug-likeness (QED) is 0.750. The molecule has 0 bridgehead atoms. The average Bonchev–Trinajstić information content (AvgIpc) is 2.38. The van der Waals surface area contributed by atoms with Gasteiger partial charge in [0.05, 0.1) is 0 Å². The van der Waals surface area contributed by atoms with Crippen molar-refractivity contribution in [2.24, 2.45) is 0 Å². The van der Waals surface area contributed by atoms with Gasteiger partial charge in [-0.05, 0) is 19.4 Å². The lowest BCUT2D eigenvalue weighted by Crippen LogP contribution is -2.25. The van der Waals surface area contributed by atoms with E-state index in [4.69, 9.17) is 5.11 Å². The molecule has 0 amide bonds. The van der Waals surface area contributed by atoms with Crippen LogP contribution in [-0.2, 0) is 4.79 Å². The number of aromatic nitrogens is 2. The van der Waals surface area contributed by atoms with Crippen LogP contribution >= 0.6 is 0 Å². The van der Waals surface area contributed by atoms with Crippen LogP contribution in [0.25, 0.3) is 6.08 Å². The highest BCUT2D eigenvalue weighted by Crippen LogP contribution is 2.09. The Morgan fingerprint density at radius 1 is 1.39 bits per heavy atom. The molecule has 0 aliphatic heterocycles. The maximum absolute atomic E-state index is 10.4. The number of unbranched alkanes of at least 4 members (excludes halogenated alkanes) is 1. The van der Waals surface area contributed by atoms with Gasteiger partial charge in [0, 0.05) is 37.1 Å². The molecule has 1 heterocycles. The minimum Gasteiger partial charge on any atom is -0.478 e. The normalized spacial score (nSPS) is 10.8. The molecule has 1 aromatic heterocycles. The molecule has 0 unspecified atom stereocenters. The number of carboxylic acid groups (broad SMARTS) is 1. The summed E-state index contributed by atoms with van der Waals surface area (Å²) in [6.45, 7) is 6.02. The van der Waals surface area contributed by atoms with Crippen molar-refractivity contribution in [1.82, 2.24) is 9.97 Å². The summed E-state index contributed by atoms with van der Waals surface area (Å²) in [5, 5.41) is 8.52. The van der Waals surface area contributed by atoms with Crippen LogP contribution in [0, 0.1) is 0 Å². The summed E-state index contributed by atoms with van der Waals surface area (Å²) >= 11 is 0. The molecule has 5 nitrogen and oxygen atoms in total. The van der Waals surface area contributed by atoms with Gasteiger partial charge in [-0.3, -0.25) is 0 Å². The summed E-state index contributed by atoms with van der Waals surface area (Å²) in [6, 6.07) is 0. The first-order valence-corrected chi connectivity index (χ1v) is 6.15. The van der Waals surface area contributed by atoms with Crippen LogP contribution in [0.15, 0.2) is 18.5 Å². The Hall–Kier alpha value is -1.91. The molecule has 5 heteroatoms. The monoisotopic (exact) mass is 249 g/mol. The van der Waals surface area contributed by atoms with Gasteiger partial charge in [-0.15, -0.1) is 0 Å². The molecule has 0 spiro atoms. The maximum Gasteiger partial charge on any atom is 0.328 e. The smallest absolute Gasteiger partial charge is 0.328 e. The lowest BCUT2D eigenvalue weighted by atomic mass is 10.3. The second-order valence-electron chi connectivity index (χ2n) is 3.92. The van der Waals surface area contributed by atoms with Crippen molar-refractivity contribution in [3.05, 3.63) is 24.0 Å². The number of carbonyl (C=O) groups is 1. The zero-order valence-electron chi connectivity index (χ0n) is 10.8. The summed E-state index contributed by atoms with van der Waals surface area (Å²) in [5.74, 6) is -0.282. The van der Waals surface area contributed by atoms with Crippen LogP contribution in [0.3, 0.4) is 0 Å². The van der Waals surface area contributed by atoms with Gasteiger partial charge in [-0.2, -0.15) is 0 Å². The van der Waals surface area contributed by atoms with Gasteiger partial charge >= 0.3 is 5.97 Å². The van der Waals surface area contributed by atoms with Crippen LogP contribution in [0.4, 0.5) is 5.95 Å². The molecule has 0 aliphatic rings. The number of aliphatic carboxylic acids is 1. The van der Waals surface area contributed by atoms with E-state index in [0.29, 0.717) is 11.5 Å². The van der Waals surface area contributed by atoms with Gasteiger partial charge in [-0.1, -0.05) is 13.3 Å². The van der Waals surface area contributed by atoms with Crippen molar-refractivity contribution in [1.29, 1.82) is 0 Å². The number of rotatable bonds is 7. The molecule has 0 saturated heterocycles. The molecule has 0 fully saturated rings. The average molecular weight is 249 g/mol. The minimum atomic E-state index is -0.975. The zero-order chi connectivity index (χ0) is 13.4. The van der Waals surface area contributed by atoms with E-state index in [9.17, 15) is 4.79 Å². The second-order valence-corrected chi connectivity index (χ2v) is 3.92. The first kappa shape index (κ1) is 14.2. The Labute approximate surface area is 107 Å². The third-order valence-corrected chi connectivity index (χ3v) is 2.52. The Balaban J connectivity index is 2.71. The molecule has 0 saturated carbocycles. The van der Waals surface area contributed by atoms with Crippen molar-refractivity contribution >= 4 is 18.0 Å². The molecule has 1 aromatic rings. The van der Waals surface area contributed by atoms with Gasteiger partial charge in [0.25, 0.3) is 0 Å². The van der Waals surface area contributed by atoms with E-state index in [2.05, 4.69) is 28.7 Å². The van der Waals surface area contributed by atoms with Crippen LogP contribution in [0.5, 0.6) is 0 Å². The van der Waals surface area contributed by atoms with Crippen molar-refractivity contribution in [3.8, 4) is 0 Å². The van der Waals surface area contributed by atoms with Gasteiger partial charge in [0.15, 0.2) is 0 Å². The third kappa shape index (κ3) is 4.53. The largest absolute Gasteiger partial charge is 0.478 e. The predicted molar refractivity (Wildman–Crippen MR) is 71.5 cm³/mol. The molecule has 1 N–H and O–H groups in total. The standard InChI is InChI=1S/C13H19N3O2/c1-3-5-8-16(4-2)13-14-9-11(10-15-13)6-7-12(17)18/h6-7,9-10H,3-5,8H2,1-2H3,(H,17,18)/b7-6+. The molecule has 0 aromatic carbocycles. The third-order valence-electron chi connectivity index (χ3n) is 2.52. The molecule has 0 aliphatic carbocycles. The Kier molecular flexibility index (Phi) is 5.84. The number of hydrogen-bond donors (Lipinski definition) is 1. The highest BCUT2D eigenvalue weighted by molar-refractivity contribution is 5.85. The molecule has 0 radical (unpaired) electrons. The van der Waals surface area contributed by atoms with E-state index in [0.717, 1.165) is 32.0 Å². The van der Waals surface area contributed by atoms with E-state index in [1.165, 1.54) is 6.08 Å². The van der Waals surface area contributed by atoms with Crippen molar-refractivity contribution in [2.75, 3.05) is 18.0 Å². The fraction of sp³-hybridized carbons (Fsp3) is 0.462. The van der Waals surface area contributed by atoms with Crippen molar-refractivity contribution < 1.29 is 9.90 Å². The van der Waals surface area contributed by atoms with E-state index >= 15 is 0 Å². The van der Waals surface area contributed by atoms with Crippen LogP contribution in [0.1, 0.15) is 32.3 Å². The van der Waals surface area contributed by atoms with Gasteiger partial charge in [0.2, 0.25) is 5.95 Å². The fourth-order valence-electron chi connectivity index (χ4n) is 1.50. The number of hydrogen-bond acceptors (Lipinski definition) is 4. The van der Waals surface area contributed by atoms with Gasteiger partial charge < -0.3 is 10.0 Å². The van der Waals surface area contributed by atoms with E-state index < -0.39 is 5.97 Å². The number of nitrogens with zero attached hydrogens (tertiary/aromatic N) is 3. The topological polar surface area (TPSA) is 66.3 Å². The van der Waals surface area contributed by atoms with E-state index in [-0.39, 0.29) is 0 Å². The fourth-order valence-corrected chi connectivity index (χ4v) is 1.50. The molecule has 18 heavy (non-hydrogen) atoms. The Morgan fingerprint density at radius 2 is 2.06 bits per heavy atom. The summed E-state index contributed by atoms with van der Waals surface area (Å²) < 4.78 is 0. The zero-order valence-corrected chi connectivity index (χ0v) is 10.8. The number of carboxylic acids is 1. The second kappa shape index (κ2) is 7.42. The van der Waals surface area contributed by atoms with Gasteiger partial charge in [0.1, 0.15) is 0 Å². The first-order valence-electron chi connectivity index (χ1n) is 6.15. The maximum atomic E-state index is 10.4. The van der Waals surface area contributed by atoms with Crippen molar-refractivity contribution in [3.63, 3.8) is 0 Å². The highest BCUT2D eigenvalue weighted by Gasteiger charge is 2.05. The highest BCUT2D eigenvalue weighted by atomic mass is 16.4. The summed E-state index contributed by atoms with van der Waals surface area (Å²) in [4.78, 5) is 21.0. The minimum absolute atomic E-state index is 0.688. The van der Waals surface area contributed by atoms with E-state index in [1.807, 2.05) is 0 Å². The molecular formula is C13H19N3O2. The van der Waals surface area contributed by atoms with Crippen LogP contribution in [-0.4, -0.2) is 34.1 Å². The lowest BCUT2D eigenvalue weighted by Gasteiger charge is -2.20.